The summed E-state index contributed by atoms with van der Waals surface area (Å²) in [7, 11) is 0. The number of hydrazine groups is 1. The van der Waals surface area contributed by atoms with Crippen LogP contribution >= 0.6 is 0 Å². The van der Waals surface area contributed by atoms with Gasteiger partial charge >= 0.3 is 6.09 Å². The lowest BCUT2D eigenvalue weighted by Gasteiger charge is -2.34. The molecule has 0 saturated carbocycles. The number of aryl methyl sites for hydroxylation is 1. The van der Waals surface area contributed by atoms with E-state index in [9.17, 15) is 9.18 Å². The number of amides is 1. The summed E-state index contributed by atoms with van der Waals surface area (Å²) in [5, 5.41) is 3.79. The van der Waals surface area contributed by atoms with Crippen molar-refractivity contribution >= 4 is 6.09 Å². The third-order valence-corrected chi connectivity index (χ3v) is 3.92. The minimum Gasteiger partial charge on any atom is -0.443 e. The topological polar surface area (TPSA) is 32.8 Å². The molecular formula is C18H27FN2O2. The second kappa shape index (κ2) is 7.30. The van der Waals surface area contributed by atoms with Crippen LogP contribution in [-0.4, -0.2) is 40.8 Å². The quantitative estimate of drug-likeness (QED) is 0.840. The van der Waals surface area contributed by atoms with Crippen LogP contribution in [-0.2, 0) is 11.2 Å². The maximum absolute atomic E-state index is 13.2. The lowest BCUT2D eigenvalue weighted by molar-refractivity contribution is -0.0422. The molecule has 1 aromatic rings. The molecule has 0 bridgehead atoms. The lowest BCUT2D eigenvalue weighted by atomic mass is 10.1. The minimum atomic E-state index is -0.490. The zero-order valence-electron chi connectivity index (χ0n) is 14.5. The highest BCUT2D eigenvalue weighted by Crippen LogP contribution is 2.21. The van der Waals surface area contributed by atoms with Crippen molar-refractivity contribution in [3.63, 3.8) is 0 Å². The highest BCUT2D eigenvalue weighted by atomic mass is 19.1. The largest absolute Gasteiger partial charge is 0.443 e. The van der Waals surface area contributed by atoms with Gasteiger partial charge in [0.1, 0.15) is 11.4 Å². The van der Waals surface area contributed by atoms with Gasteiger partial charge in [0, 0.05) is 19.1 Å². The van der Waals surface area contributed by atoms with Gasteiger partial charge in [0.2, 0.25) is 0 Å². The minimum absolute atomic E-state index is 0.202. The summed E-state index contributed by atoms with van der Waals surface area (Å²) in [6, 6.07) is 6.90. The molecular weight excluding hydrogens is 295 g/mol. The maximum atomic E-state index is 13.2. The number of ether oxygens (including phenoxy) is 1. The van der Waals surface area contributed by atoms with E-state index in [-0.39, 0.29) is 18.0 Å². The van der Waals surface area contributed by atoms with Gasteiger partial charge in [-0.05, 0) is 64.7 Å². The molecule has 0 radical (unpaired) electrons. The summed E-state index contributed by atoms with van der Waals surface area (Å²) < 4.78 is 18.7. The summed E-state index contributed by atoms with van der Waals surface area (Å²) in [6.07, 6.45) is 2.32. The van der Waals surface area contributed by atoms with Crippen molar-refractivity contribution in [2.24, 2.45) is 0 Å². The van der Waals surface area contributed by atoms with Gasteiger partial charge in [-0.15, -0.1) is 0 Å². The number of hydrogen-bond acceptors (Lipinski definition) is 3. The molecule has 2 rings (SSSR count). The van der Waals surface area contributed by atoms with Gasteiger partial charge in [-0.1, -0.05) is 12.1 Å². The van der Waals surface area contributed by atoms with Crippen LogP contribution in [0.1, 0.15) is 46.1 Å². The van der Waals surface area contributed by atoms with Gasteiger partial charge in [-0.2, -0.15) is 0 Å². The molecule has 5 heteroatoms. The summed E-state index contributed by atoms with van der Waals surface area (Å²) in [6.45, 7) is 9.26. The Hall–Kier alpha value is -1.62. The zero-order valence-corrected chi connectivity index (χ0v) is 14.5. The maximum Gasteiger partial charge on any atom is 0.424 e. The van der Waals surface area contributed by atoms with Crippen molar-refractivity contribution in [1.29, 1.82) is 0 Å². The Morgan fingerprint density at radius 2 is 2.09 bits per heavy atom. The van der Waals surface area contributed by atoms with E-state index in [1.54, 1.807) is 17.1 Å². The molecule has 0 spiro atoms. The van der Waals surface area contributed by atoms with Crippen molar-refractivity contribution in [3.8, 4) is 0 Å². The number of carbonyl (C=O) groups excluding carboxylic acids is 1. The molecule has 0 aliphatic carbocycles. The average Bonchev–Trinajstić information content (AvgIpc) is 2.92. The third-order valence-electron chi connectivity index (χ3n) is 3.92. The van der Waals surface area contributed by atoms with Crippen molar-refractivity contribution in [2.45, 2.75) is 58.6 Å². The molecule has 1 aliphatic heterocycles. The van der Waals surface area contributed by atoms with Gasteiger partial charge in [0.15, 0.2) is 0 Å². The number of halogens is 1. The third kappa shape index (κ3) is 5.20. The number of hydrogen-bond donors (Lipinski definition) is 0. The van der Waals surface area contributed by atoms with Crippen LogP contribution in [0.15, 0.2) is 24.3 Å². The monoisotopic (exact) mass is 322 g/mol. The Morgan fingerprint density at radius 1 is 1.35 bits per heavy atom. The van der Waals surface area contributed by atoms with E-state index < -0.39 is 5.60 Å². The molecule has 1 fully saturated rings. The average molecular weight is 322 g/mol. The first-order valence-corrected chi connectivity index (χ1v) is 8.28. The van der Waals surface area contributed by atoms with Crippen LogP contribution in [0.25, 0.3) is 0 Å². The first kappa shape index (κ1) is 17.7. The van der Waals surface area contributed by atoms with E-state index in [2.05, 4.69) is 11.9 Å². The van der Waals surface area contributed by atoms with E-state index in [0.29, 0.717) is 6.54 Å². The standard InChI is InChI=1S/C18H27FN2O2/c1-14(9-10-15-7-5-8-16(19)13-15)20-11-6-12-21(20)17(22)23-18(2,3)4/h5,7-8,13-14H,6,9-12H2,1-4H3. The number of carbonyl (C=O) groups is 1. The van der Waals surface area contributed by atoms with Crippen LogP contribution in [0, 0.1) is 5.82 Å². The Balaban J connectivity index is 1.92. The van der Waals surface area contributed by atoms with E-state index in [4.69, 9.17) is 4.74 Å². The molecule has 1 aliphatic rings. The van der Waals surface area contributed by atoms with Crippen molar-refractivity contribution in [3.05, 3.63) is 35.6 Å². The number of nitrogens with zero attached hydrogens (tertiary/aromatic N) is 2. The second-order valence-electron chi connectivity index (χ2n) is 7.14. The first-order valence-electron chi connectivity index (χ1n) is 8.28. The molecule has 23 heavy (non-hydrogen) atoms. The van der Waals surface area contributed by atoms with Gasteiger partial charge in [0.25, 0.3) is 0 Å². The molecule has 128 valence electrons. The van der Waals surface area contributed by atoms with Crippen LogP contribution in [0.3, 0.4) is 0 Å². The van der Waals surface area contributed by atoms with E-state index in [0.717, 1.165) is 31.4 Å². The normalized spacial score (nSPS) is 17.3. The van der Waals surface area contributed by atoms with Gasteiger partial charge in [-0.25, -0.2) is 19.2 Å². The van der Waals surface area contributed by atoms with Crippen LogP contribution in [0.5, 0.6) is 0 Å². The predicted molar refractivity (Wildman–Crippen MR) is 88.4 cm³/mol. The number of benzene rings is 1. The van der Waals surface area contributed by atoms with Gasteiger partial charge in [0.05, 0.1) is 0 Å². The highest BCUT2D eigenvalue weighted by Gasteiger charge is 2.33. The predicted octanol–water partition coefficient (Wildman–Crippen LogP) is 4.00. The molecule has 0 aromatic heterocycles. The van der Waals surface area contributed by atoms with E-state index in [1.807, 2.05) is 26.8 Å². The smallest absolute Gasteiger partial charge is 0.424 e. The Morgan fingerprint density at radius 3 is 2.74 bits per heavy atom. The van der Waals surface area contributed by atoms with Crippen LogP contribution in [0.4, 0.5) is 9.18 Å². The number of rotatable bonds is 4. The van der Waals surface area contributed by atoms with Crippen molar-refractivity contribution in [1.82, 2.24) is 10.0 Å². The summed E-state index contributed by atoms with van der Waals surface area (Å²) in [5.41, 5.74) is 0.496. The Labute approximate surface area is 138 Å². The highest BCUT2D eigenvalue weighted by molar-refractivity contribution is 5.67. The molecule has 1 unspecified atom stereocenters. The van der Waals surface area contributed by atoms with Crippen molar-refractivity contribution < 1.29 is 13.9 Å². The molecule has 1 saturated heterocycles. The Bertz CT molecular complexity index is 542. The summed E-state index contributed by atoms with van der Waals surface area (Å²) in [4.78, 5) is 12.3. The molecule has 1 heterocycles. The second-order valence-corrected chi connectivity index (χ2v) is 7.14. The van der Waals surface area contributed by atoms with Crippen molar-refractivity contribution in [2.75, 3.05) is 13.1 Å². The van der Waals surface area contributed by atoms with E-state index in [1.165, 1.54) is 6.07 Å². The molecule has 0 N–H and O–H groups in total. The molecule has 1 amide bonds. The first-order chi connectivity index (χ1) is 10.8. The fourth-order valence-corrected chi connectivity index (χ4v) is 2.82. The lowest BCUT2D eigenvalue weighted by Crippen LogP contribution is -2.48. The SMILES string of the molecule is CC(CCc1cccc(F)c1)N1CCCN1C(=O)OC(C)(C)C. The fourth-order valence-electron chi connectivity index (χ4n) is 2.82. The Kier molecular flexibility index (Phi) is 5.63. The van der Waals surface area contributed by atoms with Gasteiger partial charge in [-0.3, -0.25) is 0 Å². The summed E-state index contributed by atoms with van der Waals surface area (Å²) >= 11 is 0. The van der Waals surface area contributed by atoms with Crippen LogP contribution < -0.4 is 0 Å². The summed E-state index contributed by atoms with van der Waals surface area (Å²) in [5.74, 6) is -0.202. The van der Waals surface area contributed by atoms with Crippen LogP contribution in [0.2, 0.25) is 0 Å². The molecule has 1 atom stereocenters. The zero-order chi connectivity index (χ0) is 17.0. The van der Waals surface area contributed by atoms with Gasteiger partial charge < -0.3 is 4.74 Å². The molecule has 4 nitrogen and oxygen atoms in total. The molecule has 1 aromatic carbocycles. The van der Waals surface area contributed by atoms with E-state index >= 15 is 0 Å². The fraction of sp³-hybridized carbons (Fsp3) is 0.611.